The number of phenolic OH excluding ortho intramolecular Hbond substituents is 2. The lowest BCUT2D eigenvalue weighted by atomic mass is 9.84. The van der Waals surface area contributed by atoms with E-state index in [2.05, 4.69) is 186 Å². The fourth-order valence-corrected chi connectivity index (χ4v) is 8.08. The first-order valence-corrected chi connectivity index (χ1v) is 21.8. The van der Waals surface area contributed by atoms with Crippen LogP contribution in [0.15, 0.2) is 94.9 Å². The predicted octanol–water partition coefficient (Wildman–Crippen LogP) is 11.8. The molecule has 0 aliphatic rings. The first-order valence-electron chi connectivity index (χ1n) is 20.2. The van der Waals surface area contributed by atoms with Crippen LogP contribution in [0.2, 0.25) is 0 Å². The number of hydrogen-bond acceptors (Lipinski definition) is 4. The molecular formula is C48H66Br2N4O2+2. The van der Waals surface area contributed by atoms with Crippen LogP contribution in [-0.4, -0.2) is 67.7 Å². The molecule has 0 saturated carbocycles. The van der Waals surface area contributed by atoms with Crippen molar-refractivity contribution in [3.63, 3.8) is 0 Å². The van der Waals surface area contributed by atoms with E-state index in [9.17, 15) is 10.2 Å². The van der Waals surface area contributed by atoms with Crippen molar-refractivity contribution in [2.45, 2.75) is 110 Å². The van der Waals surface area contributed by atoms with Gasteiger partial charge in [0.1, 0.15) is 37.7 Å². The summed E-state index contributed by atoms with van der Waals surface area (Å²) in [7, 11) is 0. The maximum atomic E-state index is 11.6. The molecule has 0 amide bonds. The highest BCUT2D eigenvalue weighted by molar-refractivity contribution is 9.25. The van der Waals surface area contributed by atoms with Gasteiger partial charge in [-0.25, -0.2) is 0 Å². The summed E-state index contributed by atoms with van der Waals surface area (Å²) in [5.74, 6) is 0.505. The molecule has 0 aliphatic heterocycles. The quantitative estimate of drug-likeness (QED) is 0.0480. The Morgan fingerprint density at radius 1 is 0.536 bits per heavy atom. The number of benzene rings is 4. The van der Waals surface area contributed by atoms with E-state index >= 15 is 0 Å². The maximum absolute atomic E-state index is 11.6. The fourth-order valence-electron chi connectivity index (χ4n) is 7.59. The molecule has 4 aromatic carbocycles. The van der Waals surface area contributed by atoms with E-state index in [1.54, 1.807) is 12.4 Å². The van der Waals surface area contributed by atoms with Crippen LogP contribution in [0.4, 0.5) is 0 Å². The van der Waals surface area contributed by atoms with E-state index in [-0.39, 0.29) is 28.9 Å². The Bertz CT molecular complexity index is 1940. The lowest BCUT2D eigenvalue weighted by Crippen LogP contribution is -2.46. The zero-order valence-corrected chi connectivity index (χ0v) is 38.7. The second-order valence-electron chi connectivity index (χ2n) is 17.6. The van der Waals surface area contributed by atoms with Crippen LogP contribution in [0.1, 0.15) is 114 Å². The van der Waals surface area contributed by atoms with E-state index in [1.807, 2.05) is 0 Å². The molecule has 8 heteroatoms. The Labute approximate surface area is 354 Å². The summed E-state index contributed by atoms with van der Waals surface area (Å²) in [6, 6.07) is 29.9. The van der Waals surface area contributed by atoms with Crippen molar-refractivity contribution in [2.24, 2.45) is 9.98 Å². The van der Waals surface area contributed by atoms with Crippen molar-refractivity contribution in [2.75, 3.05) is 32.7 Å². The van der Waals surface area contributed by atoms with Crippen molar-refractivity contribution in [3.8, 4) is 11.5 Å². The summed E-state index contributed by atoms with van der Waals surface area (Å²) < 4.78 is 0.886. The topological polar surface area (TPSA) is 65.2 Å². The minimum absolute atomic E-state index is 0.246. The Balaban J connectivity index is 1.63. The van der Waals surface area contributed by atoms with Crippen molar-refractivity contribution < 1.29 is 19.2 Å². The molecule has 0 spiro atoms. The third kappa shape index (κ3) is 12.1. The second kappa shape index (κ2) is 19.0. The largest absolute Gasteiger partial charge is 0.507 e. The average Bonchev–Trinajstić information content (AvgIpc) is 3.15. The number of aliphatic imine (C=N–C) groups is 2. The Morgan fingerprint density at radius 3 is 1.25 bits per heavy atom. The highest BCUT2D eigenvalue weighted by Crippen LogP contribution is 2.38. The molecule has 0 unspecified atom stereocenters. The van der Waals surface area contributed by atoms with Crippen LogP contribution >= 0.6 is 31.9 Å². The number of quaternary nitrogens is 2. The molecule has 0 atom stereocenters. The van der Waals surface area contributed by atoms with Crippen LogP contribution < -0.4 is 0 Å². The number of hydrogen-bond donors (Lipinski definition) is 2. The minimum Gasteiger partial charge on any atom is -0.507 e. The molecule has 0 aromatic heterocycles. The summed E-state index contributed by atoms with van der Waals surface area (Å²) >= 11 is 7.49. The van der Waals surface area contributed by atoms with Gasteiger partial charge in [0.2, 0.25) is 0 Å². The lowest BCUT2D eigenvalue weighted by molar-refractivity contribution is -0.950. The van der Waals surface area contributed by atoms with E-state index < -0.39 is 3.36 Å². The smallest absolute Gasteiger partial charge is 0.188 e. The van der Waals surface area contributed by atoms with Crippen molar-refractivity contribution in [3.05, 3.63) is 129 Å². The number of nitrogens with zero attached hydrogens (tertiary/aromatic N) is 4. The molecule has 0 aliphatic carbocycles. The molecule has 56 heavy (non-hydrogen) atoms. The fraction of sp³-hybridized carbons (Fsp3) is 0.458. The van der Waals surface area contributed by atoms with Crippen LogP contribution in [0, 0.1) is 0 Å². The van der Waals surface area contributed by atoms with E-state index in [0.29, 0.717) is 11.1 Å². The standard InChI is InChI=1S/C48H64Br2N4O2/c1-11-53(12-2,31-36-21-17-15-18-22-36)33-38-25-40(44(55)42(27-38)46(5,6)7)29-51-35-48(49,50)52-30-41-26-39(28-43(45(41)56)47(8,9)10)34-54(13-3,14-4)32-37-23-19-16-20-24-37/h15-30H,11-14,31-35H2,1-10H3/p+2. The third-order valence-corrected chi connectivity index (χ3v) is 12.3. The monoisotopic (exact) mass is 888 g/mol. The number of alkyl halides is 2. The van der Waals surface area contributed by atoms with E-state index in [4.69, 9.17) is 9.98 Å². The summed E-state index contributed by atoms with van der Waals surface area (Å²) in [5, 5.41) is 23.1. The molecule has 0 fully saturated rings. The molecule has 4 rings (SSSR count). The number of phenols is 2. The van der Waals surface area contributed by atoms with Gasteiger partial charge in [-0.3, -0.25) is 9.98 Å². The zero-order chi connectivity index (χ0) is 41.4. The molecular weight excluding hydrogens is 824 g/mol. The highest BCUT2D eigenvalue weighted by atomic mass is 79.9. The maximum Gasteiger partial charge on any atom is 0.188 e. The molecule has 2 N–H and O–H groups in total. The molecule has 6 nitrogen and oxygen atoms in total. The Morgan fingerprint density at radius 2 is 0.893 bits per heavy atom. The van der Waals surface area contributed by atoms with Gasteiger partial charge in [-0.05, 0) is 94.7 Å². The molecule has 0 bridgehead atoms. The summed E-state index contributed by atoms with van der Waals surface area (Å²) in [5.41, 5.74) is 7.65. The molecule has 0 radical (unpaired) electrons. The van der Waals surface area contributed by atoms with Crippen molar-refractivity contribution in [1.82, 2.24) is 0 Å². The summed E-state index contributed by atoms with van der Waals surface area (Å²) in [4.78, 5) is 9.66. The second-order valence-corrected chi connectivity index (χ2v) is 21.3. The van der Waals surface area contributed by atoms with Gasteiger partial charge in [-0.1, -0.05) is 102 Å². The Kier molecular flexibility index (Phi) is 15.4. The van der Waals surface area contributed by atoms with Gasteiger partial charge < -0.3 is 19.2 Å². The van der Waals surface area contributed by atoms with Gasteiger partial charge >= 0.3 is 0 Å². The van der Waals surface area contributed by atoms with Crippen LogP contribution in [0.25, 0.3) is 0 Å². The molecule has 302 valence electrons. The van der Waals surface area contributed by atoms with Gasteiger partial charge in [0.25, 0.3) is 0 Å². The van der Waals surface area contributed by atoms with Crippen molar-refractivity contribution >= 4 is 44.3 Å². The van der Waals surface area contributed by atoms with Crippen LogP contribution in [0.3, 0.4) is 0 Å². The first kappa shape index (κ1) is 45.4. The van der Waals surface area contributed by atoms with Crippen LogP contribution in [0.5, 0.6) is 11.5 Å². The normalized spacial score (nSPS) is 13.3. The van der Waals surface area contributed by atoms with Gasteiger partial charge in [0.05, 0.1) is 32.7 Å². The third-order valence-electron chi connectivity index (χ3n) is 11.4. The number of aromatic hydroxyl groups is 2. The average molecular weight is 891 g/mol. The van der Waals surface area contributed by atoms with E-state index in [0.717, 1.165) is 72.5 Å². The zero-order valence-electron chi connectivity index (χ0n) is 35.5. The molecule has 4 aromatic rings. The number of rotatable bonds is 17. The highest BCUT2D eigenvalue weighted by Gasteiger charge is 2.30. The minimum atomic E-state index is -0.924. The molecule has 0 saturated heterocycles. The van der Waals surface area contributed by atoms with Crippen LogP contribution in [-0.2, 0) is 37.0 Å². The SMILES string of the molecule is CC[N+](CC)(Cc1ccccc1)Cc1cc(C=NCC(Br)(Br)N=Cc2cc(C[N+](CC)(CC)Cc3ccccc3)cc(C(C)(C)C)c2O)c(O)c(C(C)(C)C)c1. The summed E-state index contributed by atoms with van der Waals surface area (Å²) in [6.07, 6.45) is 3.51. The predicted molar refractivity (Wildman–Crippen MR) is 245 cm³/mol. The first-order chi connectivity index (χ1) is 26.3. The molecule has 0 heterocycles. The van der Waals surface area contributed by atoms with Crippen molar-refractivity contribution in [1.29, 1.82) is 0 Å². The lowest BCUT2D eigenvalue weighted by Gasteiger charge is -2.37. The summed E-state index contributed by atoms with van der Waals surface area (Å²) in [6.45, 7) is 29.7. The van der Waals surface area contributed by atoms with E-state index in [1.165, 1.54) is 22.3 Å². The van der Waals surface area contributed by atoms with Gasteiger partial charge in [-0.2, -0.15) is 0 Å². The Hall–Kier alpha value is -3.30. The van der Waals surface area contributed by atoms with Gasteiger partial charge in [0.15, 0.2) is 3.36 Å². The van der Waals surface area contributed by atoms with Gasteiger partial charge in [0, 0.05) is 56.9 Å². The number of halogens is 2. The van der Waals surface area contributed by atoms with Gasteiger partial charge in [-0.15, -0.1) is 0 Å².